The number of benzene rings is 4. The Balaban J connectivity index is 1.45. The van der Waals surface area contributed by atoms with E-state index in [-0.39, 0.29) is 11.6 Å². The van der Waals surface area contributed by atoms with E-state index in [1.807, 2.05) is 37.3 Å². The molecule has 0 saturated heterocycles. The lowest BCUT2D eigenvalue weighted by Gasteiger charge is -2.15. The third kappa shape index (κ3) is 9.14. The number of thioether (sulfide) groups is 1. The monoisotopic (exact) mass is 625 g/mol. The zero-order valence-electron chi connectivity index (χ0n) is 25.5. The number of anilines is 2. The van der Waals surface area contributed by atoms with Gasteiger partial charge in [-0.1, -0.05) is 36.4 Å². The van der Waals surface area contributed by atoms with Gasteiger partial charge in [-0.25, -0.2) is 0 Å². The summed E-state index contributed by atoms with van der Waals surface area (Å²) in [5.74, 6) is 0.580. The van der Waals surface area contributed by atoms with Crippen LogP contribution in [0.15, 0.2) is 108 Å². The summed E-state index contributed by atoms with van der Waals surface area (Å²) in [6.07, 6.45) is 1.59. The lowest BCUT2D eigenvalue weighted by Crippen LogP contribution is -2.30. The average Bonchev–Trinajstić information content (AvgIpc) is 3.06. The summed E-state index contributed by atoms with van der Waals surface area (Å²) in [5, 5.41) is 8.07. The van der Waals surface area contributed by atoms with Gasteiger partial charge in [-0.15, -0.1) is 11.8 Å². The van der Waals surface area contributed by atoms with Gasteiger partial charge in [-0.2, -0.15) is 0 Å². The Kier molecular flexibility index (Phi) is 11.6. The SMILES string of the molecule is CCOc1ccccc1/C=C(\NC(=O)c1ccccc1)C(=O)Nc1ccc(SC(C)C(=O)Nc2ccc(OC)cc2OC)cc1. The first-order chi connectivity index (χ1) is 21.8. The predicted octanol–water partition coefficient (Wildman–Crippen LogP) is 6.63. The molecule has 4 aromatic rings. The van der Waals surface area contributed by atoms with Crippen LogP contribution in [0, 0.1) is 0 Å². The summed E-state index contributed by atoms with van der Waals surface area (Å²) >= 11 is 1.37. The van der Waals surface area contributed by atoms with E-state index >= 15 is 0 Å². The van der Waals surface area contributed by atoms with Gasteiger partial charge in [-0.3, -0.25) is 14.4 Å². The summed E-state index contributed by atoms with van der Waals surface area (Å²) in [5.41, 5.74) is 2.17. The topological polar surface area (TPSA) is 115 Å². The largest absolute Gasteiger partial charge is 0.497 e. The summed E-state index contributed by atoms with van der Waals surface area (Å²) in [4.78, 5) is 40.2. The van der Waals surface area contributed by atoms with Crippen LogP contribution in [-0.4, -0.2) is 43.8 Å². The minimum Gasteiger partial charge on any atom is -0.497 e. The molecule has 10 heteroatoms. The van der Waals surface area contributed by atoms with Gasteiger partial charge in [0.15, 0.2) is 0 Å². The minimum atomic E-state index is -0.507. The molecular weight excluding hydrogens is 590 g/mol. The molecule has 4 aromatic carbocycles. The van der Waals surface area contributed by atoms with Crippen LogP contribution in [0.2, 0.25) is 0 Å². The number of carbonyl (C=O) groups is 3. The van der Waals surface area contributed by atoms with Crippen LogP contribution in [-0.2, 0) is 9.59 Å². The van der Waals surface area contributed by atoms with Crippen molar-refractivity contribution in [2.45, 2.75) is 24.0 Å². The Bertz CT molecular complexity index is 1660. The third-order valence-electron chi connectivity index (χ3n) is 6.51. The zero-order chi connectivity index (χ0) is 32.2. The van der Waals surface area contributed by atoms with Crippen molar-refractivity contribution < 1.29 is 28.6 Å². The molecule has 0 fully saturated rings. The highest BCUT2D eigenvalue weighted by Crippen LogP contribution is 2.31. The number of hydrogen-bond donors (Lipinski definition) is 3. The molecule has 0 aliphatic carbocycles. The molecule has 0 radical (unpaired) electrons. The van der Waals surface area contributed by atoms with Crippen LogP contribution >= 0.6 is 11.8 Å². The van der Waals surface area contributed by atoms with E-state index < -0.39 is 17.1 Å². The van der Waals surface area contributed by atoms with Crippen LogP contribution in [0.5, 0.6) is 17.2 Å². The van der Waals surface area contributed by atoms with Crippen LogP contribution in [0.3, 0.4) is 0 Å². The van der Waals surface area contributed by atoms with Gasteiger partial charge >= 0.3 is 0 Å². The maximum Gasteiger partial charge on any atom is 0.272 e. The predicted molar refractivity (Wildman–Crippen MR) is 178 cm³/mol. The van der Waals surface area contributed by atoms with Crippen molar-refractivity contribution in [3.63, 3.8) is 0 Å². The second-order valence-electron chi connectivity index (χ2n) is 9.64. The molecule has 45 heavy (non-hydrogen) atoms. The molecule has 0 spiro atoms. The third-order valence-corrected chi connectivity index (χ3v) is 7.62. The molecule has 3 amide bonds. The Morgan fingerprint density at radius 3 is 2.22 bits per heavy atom. The zero-order valence-corrected chi connectivity index (χ0v) is 26.3. The van der Waals surface area contributed by atoms with Crippen molar-refractivity contribution in [3.05, 3.63) is 114 Å². The van der Waals surface area contributed by atoms with E-state index in [0.717, 1.165) is 4.90 Å². The summed E-state index contributed by atoms with van der Waals surface area (Å²) in [6.45, 7) is 4.12. The van der Waals surface area contributed by atoms with E-state index in [1.165, 1.54) is 18.9 Å². The normalized spacial score (nSPS) is 11.6. The lowest BCUT2D eigenvalue weighted by molar-refractivity contribution is -0.115. The lowest BCUT2D eigenvalue weighted by atomic mass is 10.1. The van der Waals surface area contributed by atoms with Crippen LogP contribution in [0.25, 0.3) is 6.08 Å². The summed E-state index contributed by atoms with van der Waals surface area (Å²) in [7, 11) is 3.09. The molecule has 9 nitrogen and oxygen atoms in total. The molecule has 1 atom stereocenters. The van der Waals surface area contributed by atoms with Crippen molar-refractivity contribution in [3.8, 4) is 17.2 Å². The van der Waals surface area contributed by atoms with Crippen molar-refractivity contribution >= 4 is 46.9 Å². The van der Waals surface area contributed by atoms with Crippen molar-refractivity contribution in [2.75, 3.05) is 31.5 Å². The highest BCUT2D eigenvalue weighted by molar-refractivity contribution is 8.00. The van der Waals surface area contributed by atoms with Crippen LogP contribution < -0.4 is 30.2 Å². The van der Waals surface area contributed by atoms with Gasteiger partial charge in [-0.05, 0) is 74.5 Å². The van der Waals surface area contributed by atoms with Gasteiger partial charge in [0.05, 0.1) is 31.8 Å². The molecule has 0 saturated carbocycles. The van der Waals surface area contributed by atoms with Gasteiger partial charge < -0.3 is 30.2 Å². The first-order valence-corrected chi connectivity index (χ1v) is 15.1. The average molecular weight is 626 g/mol. The molecule has 0 aliphatic heterocycles. The minimum absolute atomic E-state index is 0.0497. The molecule has 1 unspecified atom stereocenters. The standard InChI is InChI=1S/C35H35N3O6S/c1-5-44-31-14-10-9-13-25(31)21-30(38-34(40)24-11-7-6-8-12-24)35(41)36-26-15-18-28(19-16-26)45-23(2)33(39)37-29-20-17-27(42-3)22-32(29)43-4/h6-23H,5H2,1-4H3,(H,36,41)(H,37,39)(H,38,40)/b30-21-. The first kappa shape index (κ1) is 32.7. The summed E-state index contributed by atoms with van der Waals surface area (Å²) < 4.78 is 16.3. The highest BCUT2D eigenvalue weighted by Gasteiger charge is 2.18. The highest BCUT2D eigenvalue weighted by atomic mass is 32.2. The number of amides is 3. The molecule has 3 N–H and O–H groups in total. The number of para-hydroxylation sites is 1. The molecule has 232 valence electrons. The van der Waals surface area contributed by atoms with E-state index in [4.69, 9.17) is 14.2 Å². The number of ether oxygens (including phenoxy) is 3. The van der Waals surface area contributed by atoms with Crippen molar-refractivity contribution in [1.29, 1.82) is 0 Å². The second kappa shape index (κ2) is 16.0. The second-order valence-corrected chi connectivity index (χ2v) is 11.1. The van der Waals surface area contributed by atoms with E-state index in [1.54, 1.807) is 86.8 Å². The molecule has 0 aliphatic rings. The Labute approximate surface area is 267 Å². The fourth-order valence-electron chi connectivity index (χ4n) is 4.19. The van der Waals surface area contributed by atoms with Gasteiger partial charge in [0.1, 0.15) is 22.9 Å². The smallest absolute Gasteiger partial charge is 0.272 e. The number of hydrogen-bond acceptors (Lipinski definition) is 7. The maximum absolute atomic E-state index is 13.5. The fourth-order valence-corrected chi connectivity index (χ4v) is 5.06. The molecular formula is C35H35N3O6S. The maximum atomic E-state index is 13.5. The number of carbonyl (C=O) groups excluding carboxylic acids is 3. The van der Waals surface area contributed by atoms with Gasteiger partial charge in [0, 0.05) is 27.8 Å². The molecule has 0 aromatic heterocycles. The Morgan fingerprint density at radius 1 is 0.822 bits per heavy atom. The van der Waals surface area contributed by atoms with E-state index in [0.29, 0.717) is 46.4 Å². The first-order valence-electron chi connectivity index (χ1n) is 14.2. The van der Waals surface area contributed by atoms with Crippen molar-refractivity contribution in [2.24, 2.45) is 0 Å². The van der Waals surface area contributed by atoms with Crippen LogP contribution in [0.4, 0.5) is 11.4 Å². The fraction of sp³-hybridized carbons (Fsp3) is 0.171. The Hall–Kier alpha value is -5.22. The molecule has 0 bridgehead atoms. The van der Waals surface area contributed by atoms with Crippen LogP contribution in [0.1, 0.15) is 29.8 Å². The molecule has 4 rings (SSSR count). The number of methoxy groups -OCH3 is 2. The van der Waals surface area contributed by atoms with Gasteiger partial charge in [0.25, 0.3) is 11.8 Å². The number of rotatable bonds is 13. The molecule has 0 heterocycles. The summed E-state index contributed by atoms with van der Waals surface area (Å²) in [6, 6.07) is 28.2. The quantitative estimate of drug-likeness (QED) is 0.113. The van der Waals surface area contributed by atoms with E-state index in [9.17, 15) is 14.4 Å². The Morgan fingerprint density at radius 2 is 1.53 bits per heavy atom. The van der Waals surface area contributed by atoms with Gasteiger partial charge in [0.2, 0.25) is 5.91 Å². The van der Waals surface area contributed by atoms with Crippen molar-refractivity contribution in [1.82, 2.24) is 5.32 Å². The number of nitrogens with one attached hydrogen (secondary N) is 3. The van der Waals surface area contributed by atoms with E-state index in [2.05, 4.69) is 16.0 Å².